The van der Waals surface area contributed by atoms with Gasteiger partial charge in [0.1, 0.15) is 11.6 Å². The molecule has 0 heterocycles. The Balaban J connectivity index is 2.01. The molecular weight excluding hydrogens is 386 g/mol. The molecule has 1 N–H and O–H groups in total. The summed E-state index contributed by atoms with van der Waals surface area (Å²) in [5, 5.41) is 3.84. The highest BCUT2D eigenvalue weighted by molar-refractivity contribution is 14.1. The molecule has 2 aromatic carbocycles. The molecule has 0 aromatic heterocycles. The maximum Gasteiger partial charge on any atom is 0.271 e. The second-order valence-electron chi connectivity index (χ2n) is 4.10. The number of benzene rings is 2. The number of rotatable bonds is 4. The van der Waals surface area contributed by atoms with Crippen LogP contribution in [0, 0.1) is 9.39 Å². The van der Waals surface area contributed by atoms with Crippen LogP contribution in [0.25, 0.3) is 0 Å². The molecule has 2 rings (SSSR count). The number of halogens is 2. The normalized spacial score (nSPS) is 10.6. The number of carbonyl (C=O) groups is 1. The molecule has 0 unspecified atom stereocenters. The van der Waals surface area contributed by atoms with E-state index in [0.717, 1.165) is 3.57 Å². The van der Waals surface area contributed by atoms with Crippen LogP contribution in [0.3, 0.4) is 0 Å². The molecule has 0 fully saturated rings. The maximum absolute atomic E-state index is 12.7. The fourth-order valence-corrected chi connectivity index (χ4v) is 2.32. The Morgan fingerprint density at radius 2 is 2.00 bits per heavy atom. The number of hydrogen-bond acceptors (Lipinski definition) is 3. The third-order valence-electron chi connectivity index (χ3n) is 2.66. The van der Waals surface area contributed by atoms with Crippen LogP contribution in [-0.2, 0) is 0 Å². The standard InChI is InChI=1S/C15H12FIN2O2/c1-21-14-7-4-11(8-13(14)17)15(20)19-18-9-10-2-5-12(16)6-3-10/h2-9H,1H3,(H,19,20). The molecule has 6 heteroatoms. The van der Waals surface area contributed by atoms with E-state index >= 15 is 0 Å². The van der Waals surface area contributed by atoms with Gasteiger partial charge in [-0.2, -0.15) is 5.10 Å². The molecule has 0 atom stereocenters. The van der Waals surface area contributed by atoms with E-state index < -0.39 is 0 Å². The van der Waals surface area contributed by atoms with Gasteiger partial charge in [-0.25, -0.2) is 9.82 Å². The first-order valence-electron chi connectivity index (χ1n) is 6.02. The highest BCUT2D eigenvalue weighted by Gasteiger charge is 2.07. The van der Waals surface area contributed by atoms with Crippen molar-refractivity contribution < 1.29 is 13.9 Å². The van der Waals surface area contributed by atoms with E-state index in [4.69, 9.17) is 4.74 Å². The summed E-state index contributed by atoms with van der Waals surface area (Å²) in [7, 11) is 1.57. The van der Waals surface area contributed by atoms with E-state index in [1.54, 1.807) is 37.4 Å². The first-order chi connectivity index (χ1) is 10.1. The molecule has 0 spiro atoms. The van der Waals surface area contributed by atoms with E-state index in [0.29, 0.717) is 16.9 Å². The summed E-state index contributed by atoms with van der Waals surface area (Å²) < 4.78 is 18.7. The zero-order valence-corrected chi connectivity index (χ0v) is 13.3. The molecule has 0 aliphatic rings. The van der Waals surface area contributed by atoms with Crippen LogP contribution in [0.2, 0.25) is 0 Å². The molecule has 4 nitrogen and oxygen atoms in total. The lowest BCUT2D eigenvalue weighted by Crippen LogP contribution is -2.17. The smallest absolute Gasteiger partial charge is 0.271 e. The van der Waals surface area contributed by atoms with E-state index in [9.17, 15) is 9.18 Å². The van der Waals surface area contributed by atoms with Crippen LogP contribution in [0.1, 0.15) is 15.9 Å². The second-order valence-corrected chi connectivity index (χ2v) is 5.26. The van der Waals surface area contributed by atoms with Crippen molar-refractivity contribution in [1.29, 1.82) is 0 Å². The zero-order chi connectivity index (χ0) is 15.2. The summed E-state index contributed by atoms with van der Waals surface area (Å²) >= 11 is 2.09. The van der Waals surface area contributed by atoms with Gasteiger partial charge in [-0.3, -0.25) is 4.79 Å². The van der Waals surface area contributed by atoms with E-state index in [1.165, 1.54) is 18.3 Å². The Morgan fingerprint density at radius 3 is 2.62 bits per heavy atom. The molecular formula is C15H12FIN2O2. The minimum Gasteiger partial charge on any atom is -0.496 e. The van der Waals surface area contributed by atoms with Gasteiger partial charge in [0.15, 0.2) is 0 Å². The van der Waals surface area contributed by atoms with Crippen molar-refractivity contribution >= 4 is 34.7 Å². The van der Waals surface area contributed by atoms with Crippen LogP contribution in [0.15, 0.2) is 47.6 Å². The van der Waals surface area contributed by atoms with Crippen molar-refractivity contribution in [2.75, 3.05) is 7.11 Å². The van der Waals surface area contributed by atoms with E-state index in [2.05, 4.69) is 33.1 Å². The summed E-state index contributed by atoms with van der Waals surface area (Å²) in [6, 6.07) is 10.9. The second kappa shape index (κ2) is 7.16. The van der Waals surface area contributed by atoms with Crippen LogP contribution in [-0.4, -0.2) is 19.2 Å². The van der Waals surface area contributed by atoms with Crippen molar-refractivity contribution in [1.82, 2.24) is 5.43 Å². The van der Waals surface area contributed by atoms with Crippen molar-refractivity contribution in [2.45, 2.75) is 0 Å². The predicted molar refractivity (Wildman–Crippen MR) is 87.2 cm³/mol. The molecule has 0 saturated heterocycles. The predicted octanol–water partition coefficient (Wildman–Crippen LogP) is 3.20. The molecule has 1 amide bonds. The van der Waals surface area contributed by atoms with Crippen LogP contribution < -0.4 is 10.2 Å². The molecule has 108 valence electrons. The quantitative estimate of drug-likeness (QED) is 0.489. The number of ether oxygens (including phenoxy) is 1. The SMILES string of the molecule is COc1ccc(C(=O)NN=Cc2ccc(F)cc2)cc1I. The average molecular weight is 398 g/mol. The Hall–Kier alpha value is -1.96. The minimum absolute atomic E-state index is 0.316. The molecule has 0 radical (unpaired) electrons. The van der Waals surface area contributed by atoms with Crippen molar-refractivity contribution in [3.05, 3.63) is 63.0 Å². The summed E-state index contributed by atoms with van der Waals surface area (Å²) in [5.41, 5.74) is 3.60. The average Bonchev–Trinajstić information content (AvgIpc) is 2.49. The molecule has 21 heavy (non-hydrogen) atoms. The summed E-state index contributed by atoms with van der Waals surface area (Å²) in [5.74, 6) is 0.0693. The molecule has 0 bridgehead atoms. The molecule has 0 aliphatic heterocycles. The Kier molecular flexibility index (Phi) is 5.26. The largest absolute Gasteiger partial charge is 0.496 e. The minimum atomic E-state index is -0.325. The van der Waals surface area contributed by atoms with Gasteiger partial charge in [0.05, 0.1) is 16.9 Å². The third kappa shape index (κ3) is 4.25. The highest BCUT2D eigenvalue weighted by atomic mass is 127. The van der Waals surface area contributed by atoms with Gasteiger partial charge in [0.2, 0.25) is 0 Å². The van der Waals surface area contributed by atoms with Crippen molar-refractivity contribution in [3.8, 4) is 5.75 Å². The Morgan fingerprint density at radius 1 is 1.29 bits per heavy atom. The number of methoxy groups -OCH3 is 1. The van der Waals surface area contributed by atoms with Crippen LogP contribution in [0.4, 0.5) is 4.39 Å². The maximum atomic E-state index is 12.7. The number of amides is 1. The number of nitrogens with one attached hydrogen (secondary N) is 1. The Labute approximate surface area is 135 Å². The molecule has 0 aliphatic carbocycles. The zero-order valence-electron chi connectivity index (χ0n) is 11.1. The summed E-state index contributed by atoms with van der Waals surface area (Å²) in [6.07, 6.45) is 1.45. The lowest BCUT2D eigenvalue weighted by Gasteiger charge is -2.05. The van der Waals surface area contributed by atoms with Crippen LogP contribution >= 0.6 is 22.6 Å². The lowest BCUT2D eigenvalue weighted by atomic mass is 10.2. The summed E-state index contributed by atoms with van der Waals surface area (Å²) in [4.78, 5) is 11.9. The van der Waals surface area contributed by atoms with Crippen LogP contribution in [0.5, 0.6) is 5.75 Å². The number of nitrogens with zero attached hydrogens (tertiary/aromatic N) is 1. The van der Waals surface area contributed by atoms with Gasteiger partial charge >= 0.3 is 0 Å². The Bertz CT molecular complexity index is 672. The van der Waals surface area contributed by atoms with E-state index in [1.807, 2.05) is 0 Å². The first-order valence-corrected chi connectivity index (χ1v) is 7.10. The van der Waals surface area contributed by atoms with Crippen molar-refractivity contribution in [3.63, 3.8) is 0 Å². The van der Waals surface area contributed by atoms with Gasteiger partial charge in [0.25, 0.3) is 5.91 Å². The van der Waals surface area contributed by atoms with E-state index in [-0.39, 0.29) is 11.7 Å². The monoisotopic (exact) mass is 398 g/mol. The number of carbonyl (C=O) groups excluding carboxylic acids is 1. The molecule has 2 aromatic rings. The summed E-state index contributed by atoms with van der Waals surface area (Å²) in [6.45, 7) is 0. The topological polar surface area (TPSA) is 50.7 Å². The van der Waals surface area contributed by atoms with Gasteiger partial charge in [-0.1, -0.05) is 12.1 Å². The van der Waals surface area contributed by atoms with Gasteiger partial charge in [0, 0.05) is 5.56 Å². The first kappa shape index (κ1) is 15.4. The number of hydrazone groups is 1. The number of hydrogen-bond donors (Lipinski definition) is 1. The molecule has 0 saturated carbocycles. The van der Waals surface area contributed by atoms with Gasteiger partial charge < -0.3 is 4.74 Å². The van der Waals surface area contributed by atoms with Gasteiger partial charge in [-0.05, 0) is 58.5 Å². The van der Waals surface area contributed by atoms with Crippen molar-refractivity contribution in [2.24, 2.45) is 5.10 Å². The highest BCUT2D eigenvalue weighted by Crippen LogP contribution is 2.21. The fraction of sp³-hybridized carbons (Fsp3) is 0.0667. The fourth-order valence-electron chi connectivity index (χ4n) is 1.59. The lowest BCUT2D eigenvalue weighted by molar-refractivity contribution is 0.0955. The third-order valence-corrected chi connectivity index (χ3v) is 3.51. The van der Waals surface area contributed by atoms with Gasteiger partial charge in [-0.15, -0.1) is 0 Å².